The lowest BCUT2D eigenvalue weighted by molar-refractivity contribution is 0.0760. The molecule has 0 bridgehead atoms. The van der Waals surface area contributed by atoms with E-state index in [-0.39, 0.29) is 0 Å². The molecule has 2 aliphatic heterocycles. The van der Waals surface area contributed by atoms with E-state index in [0.717, 1.165) is 25.4 Å². The Morgan fingerprint density at radius 2 is 1.94 bits per heavy atom. The summed E-state index contributed by atoms with van der Waals surface area (Å²) in [6.45, 7) is 2.55. The Hall–Kier alpha value is -1.84. The van der Waals surface area contributed by atoms with Crippen LogP contribution in [-0.2, 0) is 6.42 Å². The number of para-hydroxylation sites is 1. The number of aliphatic hydroxyl groups is 1. The van der Waals surface area contributed by atoms with Gasteiger partial charge in [0.25, 0.3) is 0 Å². The van der Waals surface area contributed by atoms with Crippen LogP contribution in [0.5, 0.6) is 0 Å². The molecule has 164 valence electrons. The molecule has 1 fully saturated rings. The number of allylic oxidation sites excluding steroid dienone is 4. The fourth-order valence-corrected chi connectivity index (χ4v) is 7.47. The Kier molecular flexibility index (Phi) is 5.28. The van der Waals surface area contributed by atoms with Gasteiger partial charge in [-0.15, -0.1) is 0 Å². The molecule has 1 aromatic carbocycles. The summed E-state index contributed by atoms with van der Waals surface area (Å²) in [6.07, 6.45) is 18.1. The first-order chi connectivity index (χ1) is 15.3. The molecule has 31 heavy (non-hydrogen) atoms. The average molecular weight is 417 g/mol. The Labute approximate surface area is 186 Å². The third-order valence-corrected chi connectivity index (χ3v) is 8.92. The molecule has 2 aliphatic carbocycles. The van der Waals surface area contributed by atoms with Crippen molar-refractivity contribution in [2.45, 2.75) is 56.9 Å². The lowest BCUT2D eigenvalue weighted by Crippen LogP contribution is -2.39. The Bertz CT molecular complexity index is 1000. The Morgan fingerprint density at radius 1 is 1.03 bits per heavy atom. The number of fused-ring (bicyclic) bond motifs is 6. The van der Waals surface area contributed by atoms with Crippen LogP contribution in [0.2, 0.25) is 0 Å². The molecular weight excluding hydrogens is 380 g/mol. The van der Waals surface area contributed by atoms with Crippen LogP contribution >= 0.6 is 0 Å². The average Bonchev–Trinajstić information content (AvgIpc) is 3.04. The number of aliphatic hydroxyl groups excluding tert-OH is 1. The molecule has 0 radical (unpaired) electrons. The molecule has 3 unspecified atom stereocenters. The maximum absolute atomic E-state index is 10.2. The standard InChI is InChI=1S/C28H36N2O/c31-18-22-8-5-7-21-17-29-15-14-24-23-9-2-4-11-27(23)30-26-10-3-1-6-19(26)12-13-20(28(24)30)16-25(21)22/h1-4,6,9-11,19-22,25-26,29,31H,5,7-8,12-18H2/t19?,20?,21-,22+,25-,26?/m0/s1. The van der Waals surface area contributed by atoms with E-state index in [1.807, 2.05) is 0 Å². The lowest BCUT2D eigenvalue weighted by atomic mass is 9.67. The highest BCUT2D eigenvalue weighted by Gasteiger charge is 2.39. The zero-order valence-electron chi connectivity index (χ0n) is 18.5. The van der Waals surface area contributed by atoms with Gasteiger partial charge in [0.15, 0.2) is 0 Å². The van der Waals surface area contributed by atoms with Crippen molar-refractivity contribution in [2.75, 3.05) is 19.7 Å². The van der Waals surface area contributed by atoms with Crippen molar-refractivity contribution < 1.29 is 5.11 Å². The van der Waals surface area contributed by atoms with Crippen LogP contribution < -0.4 is 5.32 Å². The van der Waals surface area contributed by atoms with Crippen molar-refractivity contribution in [3.8, 4) is 0 Å². The summed E-state index contributed by atoms with van der Waals surface area (Å²) in [7, 11) is 0. The van der Waals surface area contributed by atoms with Crippen LogP contribution in [0.4, 0.5) is 0 Å². The minimum atomic E-state index is 0.362. The highest BCUT2D eigenvalue weighted by molar-refractivity contribution is 5.86. The van der Waals surface area contributed by atoms with Crippen molar-refractivity contribution in [3.63, 3.8) is 0 Å². The number of hydrogen-bond donors (Lipinski definition) is 2. The van der Waals surface area contributed by atoms with Crippen LogP contribution in [0.25, 0.3) is 10.9 Å². The zero-order valence-corrected chi connectivity index (χ0v) is 18.5. The monoisotopic (exact) mass is 416 g/mol. The Morgan fingerprint density at radius 3 is 2.87 bits per heavy atom. The van der Waals surface area contributed by atoms with Crippen LogP contribution in [0.15, 0.2) is 48.6 Å². The van der Waals surface area contributed by atoms with E-state index in [1.165, 1.54) is 49.4 Å². The van der Waals surface area contributed by atoms with E-state index in [4.69, 9.17) is 0 Å². The van der Waals surface area contributed by atoms with Crippen LogP contribution in [-0.4, -0.2) is 29.4 Å². The van der Waals surface area contributed by atoms with E-state index in [2.05, 4.69) is 58.5 Å². The van der Waals surface area contributed by atoms with Crippen molar-refractivity contribution in [3.05, 3.63) is 59.8 Å². The van der Waals surface area contributed by atoms with Gasteiger partial charge in [-0.1, -0.05) is 48.9 Å². The predicted octanol–water partition coefficient (Wildman–Crippen LogP) is 5.36. The van der Waals surface area contributed by atoms with Gasteiger partial charge in [0.2, 0.25) is 0 Å². The van der Waals surface area contributed by atoms with Crippen molar-refractivity contribution in [2.24, 2.45) is 23.7 Å². The van der Waals surface area contributed by atoms with Gasteiger partial charge in [0, 0.05) is 29.1 Å². The topological polar surface area (TPSA) is 37.2 Å². The third kappa shape index (κ3) is 3.32. The number of nitrogens with one attached hydrogen (secondary N) is 1. The van der Waals surface area contributed by atoms with Gasteiger partial charge in [-0.3, -0.25) is 0 Å². The van der Waals surface area contributed by atoms with Gasteiger partial charge in [-0.2, -0.15) is 0 Å². The van der Waals surface area contributed by atoms with Gasteiger partial charge < -0.3 is 15.0 Å². The molecule has 2 N–H and O–H groups in total. The van der Waals surface area contributed by atoms with Crippen molar-refractivity contribution >= 4 is 10.9 Å². The van der Waals surface area contributed by atoms with Crippen molar-refractivity contribution in [1.29, 1.82) is 0 Å². The molecule has 1 saturated carbocycles. The fraction of sp³-hybridized carbons (Fsp3) is 0.571. The number of hydrogen-bond acceptors (Lipinski definition) is 2. The fourth-order valence-electron chi connectivity index (χ4n) is 7.47. The van der Waals surface area contributed by atoms with Gasteiger partial charge in [0.05, 0.1) is 6.04 Å². The maximum atomic E-state index is 10.2. The molecular formula is C28H36N2O. The molecule has 6 rings (SSSR count). The molecule has 3 heteroatoms. The van der Waals surface area contributed by atoms with Crippen molar-refractivity contribution in [1.82, 2.24) is 9.88 Å². The summed E-state index contributed by atoms with van der Waals surface area (Å²) in [5.41, 5.74) is 4.64. The van der Waals surface area contributed by atoms with E-state index < -0.39 is 0 Å². The van der Waals surface area contributed by atoms with E-state index in [1.54, 1.807) is 11.3 Å². The summed E-state index contributed by atoms with van der Waals surface area (Å²) < 4.78 is 2.74. The van der Waals surface area contributed by atoms with E-state index in [0.29, 0.717) is 36.3 Å². The van der Waals surface area contributed by atoms with Gasteiger partial charge in [-0.05, 0) is 86.9 Å². The largest absolute Gasteiger partial charge is 0.396 e. The van der Waals surface area contributed by atoms with E-state index in [9.17, 15) is 5.11 Å². The summed E-state index contributed by atoms with van der Waals surface area (Å²) >= 11 is 0. The summed E-state index contributed by atoms with van der Waals surface area (Å²) in [5, 5.41) is 15.5. The molecule has 2 aromatic rings. The first kappa shape index (κ1) is 19.8. The van der Waals surface area contributed by atoms with Crippen LogP contribution in [0, 0.1) is 23.7 Å². The highest BCUT2D eigenvalue weighted by Crippen LogP contribution is 2.49. The maximum Gasteiger partial charge on any atom is 0.0585 e. The first-order valence-electron chi connectivity index (χ1n) is 12.6. The zero-order chi connectivity index (χ0) is 20.8. The normalized spacial score (nSPS) is 35.1. The number of aromatic nitrogens is 1. The second kappa shape index (κ2) is 8.26. The number of rotatable bonds is 1. The third-order valence-electron chi connectivity index (χ3n) is 8.92. The predicted molar refractivity (Wildman–Crippen MR) is 127 cm³/mol. The second-order valence-electron chi connectivity index (χ2n) is 10.4. The molecule has 4 aliphatic rings. The van der Waals surface area contributed by atoms with E-state index >= 15 is 0 Å². The lowest BCUT2D eigenvalue weighted by Gasteiger charge is -2.40. The molecule has 0 amide bonds. The summed E-state index contributed by atoms with van der Waals surface area (Å²) in [6, 6.07) is 9.57. The SMILES string of the molecule is OC[C@H]1CCC[C@H]2CNCCc3c4n(c5ccccc35)C3C=CC=CC3CCC4C[C@H]12. The van der Waals surface area contributed by atoms with Gasteiger partial charge in [0.1, 0.15) is 0 Å². The van der Waals surface area contributed by atoms with Gasteiger partial charge in [-0.25, -0.2) is 0 Å². The molecule has 6 atom stereocenters. The van der Waals surface area contributed by atoms with Crippen LogP contribution in [0.1, 0.15) is 61.7 Å². The quantitative estimate of drug-likeness (QED) is 0.656. The smallest absolute Gasteiger partial charge is 0.0585 e. The summed E-state index contributed by atoms with van der Waals surface area (Å²) in [5.74, 6) is 3.03. The number of benzene rings is 1. The summed E-state index contributed by atoms with van der Waals surface area (Å²) in [4.78, 5) is 0. The minimum absolute atomic E-state index is 0.362. The highest BCUT2D eigenvalue weighted by atomic mass is 16.3. The molecule has 0 spiro atoms. The molecule has 3 nitrogen and oxygen atoms in total. The second-order valence-corrected chi connectivity index (χ2v) is 10.4. The first-order valence-corrected chi connectivity index (χ1v) is 12.6. The Balaban J connectivity index is 1.53. The molecule has 3 heterocycles. The van der Waals surface area contributed by atoms with Crippen LogP contribution in [0.3, 0.4) is 0 Å². The van der Waals surface area contributed by atoms with Gasteiger partial charge >= 0.3 is 0 Å². The minimum Gasteiger partial charge on any atom is -0.396 e. The molecule has 1 aromatic heterocycles. The number of nitrogens with zero attached hydrogens (tertiary/aromatic N) is 1. The molecule has 0 saturated heterocycles.